The van der Waals surface area contributed by atoms with Crippen molar-refractivity contribution < 1.29 is 19.1 Å². The smallest absolute Gasteiger partial charge is 0.410 e. The summed E-state index contributed by atoms with van der Waals surface area (Å²) < 4.78 is 11.7. The number of allylic oxidation sites excluding steroid dienone is 1. The van der Waals surface area contributed by atoms with Gasteiger partial charge in [0.05, 0.1) is 12.6 Å². The molecule has 0 aromatic heterocycles. The van der Waals surface area contributed by atoms with Crippen LogP contribution in [-0.2, 0) is 15.9 Å². The van der Waals surface area contributed by atoms with Gasteiger partial charge >= 0.3 is 6.09 Å². The number of ketones is 1. The lowest BCUT2D eigenvalue weighted by atomic mass is 9.90. The molecule has 1 fully saturated rings. The Kier molecular flexibility index (Phi) is 6.32. The van der Waals surface area contributed by atoms with E-state index in [2.05, 4.69) is 0 Å². The number of carbonyl (C=O) groups is 2. The Hall–Kier alpha value is -2.34. The van der Waals surface area contributed by atoms with Gasteiger partial charge in [-0.2, -0.15) is 0 Å². The van der Waals surface area contributed by atoms with Crippen LogP contribution in [0.25, 0.3) is 0 Å². The van der Waals surface area contributed by atoms with Crippen molar-refractivity contribution in [2.45, 2.75) is 57.8 Å². The average Bonchev–Trinajstić information content (AvgIpc) is 3.13. The molecular formula is C23H32N2O4. The minimum Gasteiger partial charge on any atom is -0.444 e. The van der Waals surface area contributed by atoms with Crippen molar-refractivity contribution in [3.63, 3.8) is 0 Å². The summed E-state index contributed by atoms with van der Waals surface area (Å²) in [5.41, 5.74) is 2.36. The molecular weight excluding hydrogens is 368 g/mol. The summed E-state index contributed by atoms with van der Waals surface area (Å²) in [6, 6.07) is 5.77. The van der Waals surface area contributed by atoms with Crippen molar-refractivity contribution in [3.8, 4) is 0 Å². The van der Waals surface area contributed by atoms with Crippen LogP contribution in [0.2, 0.25) is 0 Å². The summed E-state index contributed by atoms with van der Waals surface area (Å²) >= 11 is 0. The Bertz CT molecular complexity index is 795. The van der Waals surface area contributed by atoms with Gasteiger partial charge < -0.3 is 19.3 Å². The fraction of sp³-hybridized carbons (Fsp3) is 0.565. The zero-order chi connectivity index (χ0) is 21.2. The second-order valence-electron chi connectivity index (χ2n) is 8.98. The van der Waals surface area contributed by atoms with Crippen LogP contribution >= 0.6 is 0 Å². The third kappa shape index (κ3) is 5.18. The van der Waals surface area contributed by atoms with Crippen LogP contribution in [0, 0.1) is 0 Å². The number of hydrogen-bond donors (Lipinski definition) is 0. The van der Waals surface area contributed by atoms with E-state index in [0.717, 1.165) is 30.4 Å². The van der Waals surface area contributed by atoms with Crippen LogP contribution in [0.15, 0.2) is 30.5 Å². The first kappa shape index (κ1) is 21.4. The number of rotatable bonds is 4. The van der Waals surface area contributed by atoms with E-state index in [9.17, 15) is 9.59 Å². The van der Waals surface area contributed by atoms with Crippen molar-refractivity contribution in [1.29, 1.82) is 0 Å². The maximum Gasteiger partial charge on any atom is 0.410 e. The zero-order valence-corrected chi connectivity index (χ0v) is 18.1. The van der Waals surface area contributed by atoms with Gasteiger partial charge in [-0.05, 0) is 57.2 Å². The Morgan fingerprint density at radius 3 is 2.72 bits per heavy atom. The second-order valence-corrected chi connectivity index (χ2v) is 8.98. The third-order valence-electron chi connectivity index (χ3n) is 5.20. The number of benzene rings is 1. The van der Waals surface area contributed by atoms with Gasteiger partial charge in [0.1, 0.15) is 11.7 Å². The summed E-state index contributed by atoms with van der Waals surface area (Å²) in [6.07, 6.45) is 5.46. The van der Waals surface area contributed by atoms with E-state index in [1.807, 2.05) is 62.9 Å². The summed E-state index contributed by atoms with van der Waals surface area (Å²) in [4.78, 5) is 28.8. The van der Waals surface area contributed by atoms with Gasteiger partial charge in [-0.25, -0.2) is 4.79 Å². The molecule has 0 radical (unpaired) electrons. The molecule has 6 nitrogen and oxygen atoms in total. The molecule has 1 unspecified atom stereocenters. The first-order chi connectivity index (χ1) is 13.7. The van der Waals surface area contributed by atoms with E-state index < -0.39 is 5.60 Å². The lowest BCUT2D eigenvalue weighted by Gasteiger charge is -2.36. The summed E-state index contributed by atoms with van der Waals surface area (Å²) in [5, 5.41) is 0. The quantitative estimate of drug-likeness (QED) is 0.566. The van der Waals surface area contributed by atoms with Gasteiger partial charge in [0, 0.05) is 38.5 Å². The van der Waals surface area contributed by atoms with Crippen LogP contribution < -0.4 is 0 Å². The van der Waals surface area contributed by atoms with Crippen molar-refractivity contribution in [3.05, 3.63) is 47.2 Å². The summed E-state index contributed by atoms with van der Waals surface area (Å²) in [7, 11) is 3.77. The van der Waals surface area contributed by atoms with Gasteiger partial charge in [0.25, 0.3) is 0 Å². The molecule has 1 amide bonds. The van der Waals surface area contributed by atoms with Crippen LogP contribution in [-0.4, -0.2) is 60.6 Å². The fourth-order valence-electron chi connectivity index (χ4n) is 3.92. The first-order valence-electron chi connectivity index (χ1n) is 10.3. The predicted molar refractivity (Wildman–Crippen MR) is 112 cm³/mol. The SMILES string of the molecule is CN(C)/C=C/C(=O)c1ccc2c(c1)CCO[C@@H]2C1CCCN1C(=O)OC(C)(C)C. The lowest BCUT2D eigenvalue weighted by molar-refractivity contribution is -0.0265. The Labute approximate surface area is 173 Å². The van der Waals surface area contributed by atoms with Gasteiger partial charge in [0.2, 0.25) is 0 Å². The molecule has 0 N–H and O–H groups in total. The maximum absolute atomic E-state index is 12.7. The predicted octanol–water partition coefficient (Wildman–Crippen LogP) is 3.96. The van der Waals surface area contributed by atoms with Crippen LogP contribution in [0.3, 0.4) is 0 Å². The van der Waals surface area contributed by atoms with E-state index in [0.29, 0.717) is 18.7 Å². The molecule has 3 rings (SSSR count). The first-order valence-corrected chi connectivity index (χ1v) is 10.3. The number of likely N-dealkylation sites (tertiary alicyclic amines) is 1. The number of fused-ring (bicyclic) bond motifs is 1. The zero-order valence-electron chi connectivity index (χ0n) is 18.1. The van der Waals surface area contributed by atoms with Crippen LogP contribution in [0.1, 0.15) is 61.2 Å². The standard InChI is InChI=1S/C23H32N2O4/c1-23(2,3)29-22(27)25-12-6-7-19(25)21-18-9-8-17(15-16(18)11-14-28-21)20(26)10-13-24(4)5/h8-10,13,15,19,21H,6-7,11-12,14H2,1-5H3/b13-10+/t19?,21-/m0/s1. The van der Waals surface area contributed by atoms with Crippen LogP contribution in [0.5, 0.6) is 0 Å². The fourth-order valence-corrected chi connectivity index (χ4v) is 3.92. The molecule has 0 bridgehead atoms. The van der Waals surface area contributed by atoms with Crippen LogP contribution in [0.4, 0.5) is 4.79 Å². The number of amides is 1. The van der Waals surface area contributed by atoms with E-state index in [-0.39, 0.29) is 24.0 Å². The highest BCUT2D eigenvalue weighted by molar-refractivity contribution is 6.04. The van der Waals surface area contributed by atoms with Gasteiger partial charge in [0.15, 0.2) is 5.78 Å². The summed E-state index contributed by atoms with van der Waals surface area (Å²) in [6.45, 7) is 6.91. The molecule has 6 heteroatoms. The van der Waals surface area contributed by atoms with Crippen molar-refractivity contribution >= 4 is 11.9 Å². The van der Waals surface area contributed by atoms with E-state index in [1.165, 1.54) is 0 Å². The molecule has 0 spiro atoms. The van der Waals surface area contributed by atoms with Crippen molar-refractivity contribution in [2.24, 2.45) is 0 Å². The Balaban J connectivity index is 1.81. The normalized spacial score (nSPS) is 21.9. The monoisotopic (exact) mass is 400 g/mol. The minimum atomic E-state index is -0.523. The highest BCUT2D eigenvalue weighted by atomic mass is 16.6. The molecule has 1 saturated heterocycles. The molecule has 2 aliphatic heterocycles. The second kappa shape index (κ2) is 8.57. The Morgan fingerprint density at radius 2 is 2.03 bits per heavy atom. The number of hydrogen-bond acceptors (Lipinski definition) is 5. The molecule has 2 aliphatic rings. The molecule has 0 saturated carbocycles. The number of carbonyl (C=O) groups excluding carboxylic acids is 2. The molecule has 29 heavy (non-hydrogen) atoms. The summed E-state index contributed by atoms with van der Waals surface area (Å²) in [5.74, 6) is -0.0132. The molecule has 2 heterocycles. The topological polar surface area (TPSA) is 59.1 Å². The van der Waals surface area contributed by atoms with Gasteiger partial charge in [-0.1, -0.05) is 12.1 Å². The molecule has 1 aromatic rings. The van der Waals surface area contributed by atoms with Gasteiger partial charge in [-0.15, -0.1) is 0 Å². The third-order valence-corrected chi connectivity index (χ3v) is 5.20. The number of nitrogens with zero attached hydrogens (tertiary/aromatic N) is 2. The molecule has 2 atom stereocenters. The lowest BCUT2D eigenvalue weighted by Crippen LogP contribution is -2.44. The maximum atomic E-state index is 12.7. The molecule has 0 aliphatic carbocycles. The molecule has 1 aromatic carbocycles. The molecule has 158 valence electrons. The Morgan fingerprint density at radius 1 is 1.28 bits per heavy atom. The van der Waals surface area contributed by atoms with E-state index in [1.54, 1.807) is 12.3 Å². The van der Waals surface area contributed by atoms with Crippen molar-refractivity contribution in [2.75, 3.05) is 27.2 Å². The highest BCUT2D eigenvalue weighted by Crippen LogP contribution is 2.37. The van der Waals surface area contributed by atoms with Crippen molar-refractivity contribution in [1.82, 2.24) is 9.80 Å². The minimum absolute atomic E-state index is 0.0132. The van der Waals surface area contributed by atoms with Gasteiger partial charge in [-0.3, -0.25) is 4.79 Å². The highest BCUT2D eigenvalue weighted by Gasteiger charge is 2.40. The van der Waals surface area contributed by atoms with E-state index in [4.69, 9.17) is 9.47 Å². The average molecular weight is 401 g/mol. The number of ether oxygens (including phenoxy) is 2. The van der Waals surface area contributed by atoms with E-state index >= 15 is 0 Å². The largest absolute Gasteiger partial charge is 0.444 e.